The van der Waals surface area contributed by atoms with E-state index in [-0.39, 0.29) is 6.61 Å². The summed E-state index contributed by atoms with van der Waals surface area (Å²) in [5.74, 6) is 0. The van der Waals surface area contributed by atoms with Crippen LogP contribution >= 0.6 is 0 Å². The molecule has 3 rings (SSSR count). The van der Waals surface area contributed by atoms with Gasteiger partial charge in [-0.1, -0.05) is 12.1 Å². The van der Waals surface area contributed by atoms with Crippen LogP contribution in [0.5, 0.6) is 0 Å². The van der Waals surface area contributed by atoms with Crippen molar-refractivity contribution in [3.63, 3.8) is 0 Å². The van der Waals surface area contributed by atoms with Gasteiger partial charge in [0.1, 0.15) is 6.61 Å². The maximum absolute atomic E-state index is 11.8. The number of nitrogens with zero attached hydrogens (tertiary/aromatic N) is 4. The second-order valence-electron chi connectivity index (χ2n) is 5.16. The van der Waals surface area contributed by atoms with Crippen LogP contribution in [0.1, 0.15) is 11.3 Å². The third kappa shape index (κ3) is 3.95. The van der Waals surface area contributed by atoms with Crippen molar-refractivity contribution in [1.82, 2.24) is 25.1 Å². The maximum atomic E-state index is 11.8. The largest absolute Gasteiger partial charge is 0.443 e. The molecule has 0 saturated heterocycles. The topological polar surface area (TPSA) is 81.9 Å². The molecule has 7 heteroatoms. The summed E-state index contributed by atoms with van der Waals surface area (Å²) >= 11 is 0. The molecule has 0 aliphatic rings. The molecule has 0 bridgehead atoms. The Labute approximate surface area is 139 Å². The lowest BCUT2D eigenvalue weighted by atomic mass is 10.1. The Balaban J connectivity index is 1.59. The highest BCUT2D eigenvalue weighted by Crippen LogP contribution is 2.20. The van der Waals surface area contributed by atoms with Crippen molar-refractivity contribution < 1.29 is 9.53 Å². The van der Waals surface area contributed by atoms with Crippen LogP contribution in [0.25, 0.3) is 11.3 Å². The van der Waals surface area contributed by atoms with Gasteiger partial charge in [-0.2, -0.15) is 5.10 Å². The normalized spacial score (nSPS) is 10.4. The standard InChI is InChI=1S/C17H17N5O2/c1-22-11-14(10-21-22)16-13(5-4-8-19-16)9-20-17(23)24-12-15-6-2-3-7-18-15/h2-8,10-11H,9,12H2,1H3,(H,20,23). The molecule has 0 atom stereocenters. The first kappa shape index (κ1) is 15.7. The smallest absolute Gasteiger partial charge is 0.407 e. The Morgan fingerprint density at radius 3 is 2.83 bits per heavy atom. The van der Waals surface area contributed by atoms with E-state index in [1.807, 2.05) is 37.5 Å². The molecule has 24 heavy (non-hydrogen) atoms. The molecular weight excluding hydrogens is 306 g/mol. The molecule has 0 aliphatic carbocycles. The van der Waals surface area contributed by atoms with E-state index < -0.39 is 6.09 Å². The minimum atomic E-state index is -0.498. The number of hydrogen-bond donors (Lipinski definition) is 1. The summed E-state index contributed by atoms with van der Waals surface area (Å²) in [4.78, 5) is 20.3. The average Bonchev–Trinajstić information content (AvgIpc) is 3.05. The second kappa shape index (κ2) is 7.36. The highest BCUT2D eigenvalue weighted by atomic mass is 16.5. The Morgan fingerprint density at radius 2 is 2.08 bits per heavy atom. The number of carbonyl (C=O) groups excluding carboxylic acids is 1. The summed E-state index contributed by atoms with van der Waals surface area (Å²) in [6.45, 7) is 0.453. The lowest BCUT2D eigenvalue weighted by molar-refractivity contribution is 0.137. The maximum Gasteiger partial charge on any atom is 0.407 e. The lowest BCUT2D eigenvalue weighted by Gasteiger charge is -2.09. The first-order chi connectivity index (χ1) is 11.7. The van der Waals surface area contributed by atoms with Crippen molar-refractivity contribution in [2.45, 2.75) is 13.2 Å². The van der Waals surface area contributed by atoms with Gasteiger partial charge >= 0.3 is 6.09 Å². The third-order valence-electron chi connectivity index (χ3n) is 3.37. The zero-order valence-electron chi connectivity index (χ0n) is 13.2. The SMILES string of the molecule is Cn1cc(-c2ncccc2CNC(=O)OCc2ccccn2)cn1. The van der Waals surface area contributed by atoms with Crippen LogP contribution < -0.4 is 5.32 Å². The van der Waals surface area contributed by atoms with Gasteiger partial charge in [-0.3, -0.25) is 14.6 Å². The molecule has 0 fully saturated rings. The number of pyridine rings is 2. The van der Waals surface area contributed by atoms with Crippen LogP contribution in [0, 0.1) is 0 Å². The summed E-state index contributed by atoms with van der Waals surface area (Å²) in [5, 5.41) is 6.88. The molecule has 0 unspecified atom stereocenters. The van der Waals surface area contributed by atoms with Gasteiger partial charge in [0.2, 0.25) is 0 Å². The third-order valence-corrected chi connectivity index (χ3v) is 3.37. The fourth-order valence-electron chi connectivity index (χ4n) is 2.23. The number of carbonyl (C=O) groups is 1. The van der Waals surface area contributed by atoms with E-state index >= 15 is 0 Å². The fourth-order valence-corrected chi connectivity index (χ4v) is 2.23. The molecule has 122 valence electrons. The highest BCUT2D eigenvalue weighted by molar-refractivity contribution is 5.68. The Kier molecular flexibility index (Phi) is 4.81. The van der Waals surface area contributed by atoms with Crippen molar-refractivity contribution in [3.8, 4) is 11.3 Å². The predicted octanol–water partition coefficient (Wildman–Crippen LogP) is 2.30. The van der Waals surface area contributed by atoms with Gasteiger partial charge < -0.3 is 10.1 Å². The van der Waals surface area contributed by atoms with Crippen LogP contribution in [0.15, 0.2) is 55.1 Å². The molecule has 3 aromatic rings. The lowest BCUT2D eigenvalue weighted by Crippen LogP contribution is -2.24. The fraction of sp³-hybridized carbons (Fsp3) is 0.176. The quantitative estimate of drug-likeness (QED) is 0.779. The molecule has 0 aliphatic heterocycles. The second-order valence-corrected chi connectivity index (χ2v) is 5.16. The van der Waals surface area contributed by atoms with Gasteiger partial charge in [-0.15, -0.1) is 0 Å². The monoisotopic (exact) mass is 323 g/mol. The van der Waals surface area contributed by atoms with Crippen molar-refractivity contribution >= 4 is 6.09 Å². The van der Waals surface area contributed by atoms with Crippen LogP contribution in [0.2, 0.25) is 0 Å². The van der Waals surface area contributed by atoms with Crippen molar-refractivity contribution in [1.29, 1.82) is 0 Å². The molecule has 0 radical (unpaired) electrons. The summed E-state index contributed by atoms with van der Waals surface area (Å²) in [6.07, 6.45) is 6.50. The highest BCUT2D eigenvalue weighted by Gasteiger charge is 2.10. The van der Waals surface area contributed by atoms with Crippen molar-refractivity contribution in [3.05, 3.63) is 66.4 Å². The van der Waals surface area contributed by atoms with E-state index in [9.17, 15) is 4.79 Å². The summed E-state index contributed by atoms with van der Waals surface area (Å²) in [6, 6.07) is 9.20. The number of nitrogens with one attached hydrogen (secondary N) is 1. The minimum Gasteiger partial charge on any atom is -0.443 e. The van der Waals surface area contributed by atoms with Gasteiger partial charge in [0.15, 0.2) is 0 Å². The number of aryl methyl sites for hydroxylation is 1. The van der Waals surface area contributed by atoms with Gasteiger partial charge in [0.25, 0.3) is 0 Å². The minimum absolute atomic E-state index is 0.134. The Morgan fingerprint density at radius 1 is 1.21 bits per heavy atom. The van der Waals surface area contributed by atoms with E-state index in [4.69, 9.17) is 4.74 Å². The molecule has 0 spiro atoms. The van der Waals surface area contributed by atoms with E-state index in [1.165, 1.54) is 0 Å². The summed E-state index contributed by atoms with van der Waals surface area (Å²) in [5.41, 5.74) is 3.28. The van der Waals surface area contributed by atoms with Gasteiger partial charge in [-0.05, 0) is 23.8 Å². The molecule has 0 saturated carbocycles. The number of rotatable bonds is 5. The Hall–Kier alpha value is -3.22. The number of alkyl carbamates (subject to hydrolysis) is 1. The predicted molar refractivity (Wildman–Crippen MR) is 87.7 cm³/mol. The van der Waals surface area contributed by atoms with Gasteiger partial charge in [-0.25, -0.2) is 4.79 Å². The Bertz CT molecular complexity index is 817. The molecule has 1 amide bonds. The first-order valence-electron chi connectivity index (χ1n) is 7.46. The molecule has 1 N–H and O–H groups in total. The molecule has 3 heterocycles. The summed E-state index contributed by atoms with van der Waals surface area (Å²) in [7, 11) is 1.85. The molecule has 7 nitrogen and oxygen atoms in total. The zero-order valence-corrected chi connectivity index (χ0v) is 13.2. The van der Waals surface area contributed by atoms with Gasteiger partial charge in [0.05, 0.1) is 17.6 Å². The van der Waals surface area contributed by atoms with Crippen molar-refractivity contribution in [2.75, 3.05) is 0 Å². The number of hydrogen-bond acceptors (Lipinski definition) is 5. The number of ether oxygens (including phenoxy) is 1. The van der Waals surface area contributed by atoms with E-state index in [1.54, 1.807) is 29.3 Å². The van der Waals surface area contributed by atoms with E-state index in [2.05, 4.69) is 20.4 Å². The molecule has 0 aromatic carbocycles. The van der Waals surface area contributed by atoms with Gasteiger partial charge in [0, 0.05) is 37.7 Å². The summed E-state index contributed by atoms with van der Waals surface area (Å²) < 4.78 is 6.86. The molecule has 3 aromatic heterocycles. The van der Waals surface area contributed by atoms with Crippen LogP contribution in [-0.2, 0) is 24.9 Å². The molecular formula is C17H17N5O2. The van der Waals surface area contributed by atoms with Crippen molar-refractivity contribution in [2.24, 2.45) is 7.05 Å². The number of amides is 1. The van der Waals surface area contributed by atoms with Crippen LogP contribution in [0.4, 0.5) is 4.79 Å². The first-order valence-corrected chi connectivity index (χ1v) is 7.46. The van der Waals surface area contributed by atoms with Crippen LogP contribution in [0.3, 0.4) is 0 Å². The van der Waals surface area contributed by atoms with E-state index in [0.29, 0.717) is 12.2 Å². The average molecular weight is 323 g/mol. The zero-order chi connectivity index (χ0) is 16.8. The van der Waals surface area contributed by atoms with E-state index in [0.717, 1.165) is 16.8 Å². The number of aromatic nitrogens is 4. The van der Waals surface area contributed by atoms with Crippen LogP contribution in [-0.4, -0.2) is 25.8 Å².